The van der Waals surface area contributed by atoms with Crippen LogP contribution in [0.3, 0.4) is 0 Å². The zero-order chi connectivity index (χ0) is 28.3. The van der Waals surface area contributed by atoms with Gasteiger partial charge in [0.2, 0.25) is 11.8 Å². The number of benzene rings is 4. The number of hydrogen-bond acceptors (Lipinski definition) is 3. The van der Waals surface area contributed by atoms with Crippen molar-refractivity contribution in [2.75, 3.05) is 13.1 Å². The predicted molar refractivity (Wildman–Crippen MR) is 162 cm³/mol. The second-order valence-corrected chi connectivity index (χ2v) is 10.7. The van der Waals surface area contributed by atoms with Gasteiger partial charge in [0.25, 0.3) is 0 Å². The first-order valence-electron chi connectivity index (χ1n) is 14.6. The molecule has 1 unspecified atom stereocenters. The fourth-order valence-corrected chi connectivity index (χ4v) is 5.36. The highest BCUT2D eigenvalue weighted by molar-refractivity contribution is 5.88. The van der Waals surface area contributed by atoms with Gasteiger partial charge in [0.15, 0.2) is 0 Å². The number of carbonyl (C=O) groups excluding carboxylic acids is 2. The molecule has 0 aromatic heterocycles. The van der Waals surface area contributed by atoms with Crippen LogP contribution in [0.25, 0.3) is 0 Å². The molecule has 1 aliphatic heterocycles. The molecule has 1 heterocycles. The summed E-state index contributed by atoms with van der Waals surface area (Å²) in [5.74, 6) is 0.808. The zero-order valence-corrected chi connectivity index (χ0v) is 23.5. The Morgan fingerprint density at radius 1 is 0.683 bits per heavy atom. The van der Waals surface area contributed by atoms with Gasteiger partial charge < -0.3 is 14.5 Å². The maximum atomic E-state index is 13.9. The van der Waals surface area contributed by atoms with Crippen molar-refractivity contribution in [1.82, 2.24) is 9.80 Å². The number of rotatable bonds is 12. The average molecular weight is 547 g/mol. The number of amides is 2. The standard InChI is InChI=1S/C36H38N2O3/c39-35(23-20-29-12-4-1-5-13-29)38(27-31-18-21-33(22-19-31)41-28-32-16-8-3-9-17-32)34(26-30-14-6-2-7-15-30)36(40)37-24-10-11-25-37/h1-9,12-19,21-22,34H,10-11,20,23-28H2. The first-order valence-corrected chi connectivity index (χ1v) is 14.6. The van der Waals surface area contributed by atoms with E-state index in [1.54, 1.807) is 0 Å². The van der Waals surface area contributed by atoms with E-state index in [1.165, 1.54) is 0 Å². The molecular formula is C36H38N2O3. The van der Waals surface area contributed by atoms with E-state index in [0.29, 0.717) is 32.4 Å². The Labute approximate surface area is 243 Å². The van der Waals surface area contributed by atoms with Crippen molar-refractivity contribution in [2.24, 2.45) is 0 Å². The van der Waals surface area contributed by atoms with Crippen LogP contribution in [0.1, 0.15) is 41.5 Å². The van der Waals surface area contributed by atoms with E-state index in [-0.39, 0.29) is 11.8 Å². The van der Waals surface area contributed by atoms with Crippen molar-refractivity contribution in [3.05, 3.63) is 138 Å². The van der Waals surface area contributed by atoms with Gasteiger partial charge in [-0.15, -0.1) is 0 Å². The molecule has 2 amide bonds. The number of carbonyl (C=O) groups is 2. The quantitative estimate of drug-likeness (QED) is 0.205. The Balaban J connectivity index is 1.37. The van der Waals surface area contributed by atoms with E-state index in [9.17, 15) is 9.59 Å². The highest BCUT2D eigenvalue weighted by Crippen LogP contribution is 2.22. The van der Waals surface area contributed by atoms with E-state index in [1.807, 2.05) is 125 Å². The maximum absolute atomic E-state index is 13.9. The number of likely N-dealkylation sites (tertiary alicyclic amines) is 1. The SMILES string of the molecule is O=C(C(Cc1ccccc1)N(Cc1ccc(OCc2ccccc2)cc1)C(=O)CCc1ccccc1)N1CCCC1. The molecule has 0 spiro atoms. The fourth-order valence-electron chi connectivity index (χ4n) is 5.36. The van der Waals surface area contributed by atoms with Crippen molar-refractivity contribution in [3.63, 3.8) is 0 Å². The van der Waals surface area contributed by atoms with E-state index in [0.717, 1.165) is 53.9 Å². The van der Waals surface area contributed by atoms with Gasteiger partial charge in [0, 0.05) is 32.5 Å². The van der Waals surface area contributed by atoms with Crippen LogP contribution in [-0.4, -0.2) is 40.7 Å². The summed E-state index contributed by atoms with van der Waals surface area (Å²) in [6, 6.07) is 37.5. The lowest BCUT2D eigenvalue weighted by atomic mass is 10.0. The van der Waals surface area contributed by atoms with Crippen LogP contribution in [0.4, 0.5) is 0 Å². The summed E-state index contributed by atoms with van der Waals surface area (Å²) in [5.41, 5.74) is 4.25. The molecule has 1 atom stereocenters. The number of aryl methyl sites for hydroxylation is 1. The first-order chi connectivity index (χ1) is 20.2. The Morgan fingerprint density at radius 2 is 1.24 bits per heavy atom. The summed E-state index contributed by atoms with van der Waals surface area (Å²) >= 11 is 0. The van der Waals surface area contributed by atoms with Crippen LogP contribution in [0, 0.1) is 0 Å². The van der Waals surface area contributed by atoms with Gasteiger partial charge >= 0.3 is 0 Å². The second kappa shape index (κ2) is 14.3. The average Bonchev–Trinajstić information content (AvgIpc) is 3.58. The highest BCUT2D eigenvalue weighted by Gasteiger charge is 2.34. The number of ether oxygens (including phenoxy) is 1. The molecule has 5 nitrogen and oxygen atoms in total. The van der Waals surface area contributed by atoms with Crippen LogP contribution in [0.15, 0.2) is 115 Å². The molecule has 4 aromatic rings. The van der Waals surface area contributed by atoms with E-state index in [4.69, 9.17) is 4.74 Å². The molecule has 0 aliphatic carbocycles. The lowest BCUT2D eigenvalue weighted by Crippen LogP contribution is -2.51. The lowest BCUT2D eigenvalue weighted by molar-refractivity contribution is -0.146. The third-order valence-electron chi connectivity index (χ3n) is 7.67. The normalized spacial score (nSPS) is 13.5. The van der Waals surface area contributed by atoms with Gasteiger partial charge in [0.1, 0.15) is 18.4 Å². The predicted octanol–water partition coefficient (Wildman–Crippen LogP) is 6.46. The summed E-state index contributed by atoms with van der Waals surface area (Å²) in [6.45, 7) is 2.37. The third-order valence-corrected chi connectivity index (χ3v) is 7.67. The summed E-state index contributed by atoms with van der Waals surface area (Å²) < 4.78 is 5.98. The Morgan fingerprint density at radius 3 is 1.85 bits per heavy atom. The minimum atomic E-state index is -0.562. The van der Waals surface area contributed by atoms with Crippen LogP contribution in [0.5, 0.6) is 5.75 Å². The third kappa shape index (κ3) is 8.07. The molecule has 0 bridgehead atoms. The maximum Gasteiger partial charge on any atom is 0.245 e. The molecule has 0 radical (unpaired) electrons. The van der Waals surface area contributed by atoms with Crippen molar-refractivity contribution >= 4 is 11.8 Å². The Hall–Kier alpha value is -4.38. The van der Waals surface area contributed by atoms with Crippen molar-refractivity contribution in [3.8, 4) is 5.75 Å². The van der Waals surface area contributed by atoms with Crippen LogP contribution in [-0.2, 0) is 35.6 Å². The molecular weight excluding hydrogens is 508 g/mol. The minimum absolute atomic E-state index is 0.00765. The number of hydrogen-bond donors (Lipinski definition) is 0. The van der Waals surface area contributed by atoms with Gasteiger partial charge in [0.05, 0.1) is 0 Å². The molecule has 1 saturated heterocycles. The smallest absolute Gasteiger partial charge is 0.245 e. The zero-order valence-electron chi connectivity index (χ0n) is 23.5. The lowest BCUT2D eigenvalue weighted by Gasteiger charge is -2.34. The molecule has 41 heavy (non-hydrogen) atoms. The molecule has 4 aromatic carbocycles. The van der Waals surface area contributed by atoms with Crippen LogP contribution < -0.4 is 4.74 Å². The first kappa shape index (κ1) is 28.2. The van der Waals surface area contributed by atoms with Gasteiger partial charge in [-0.05, 0) is 53.6 Å². The Bertz CT molecular complexity index is 1370. The minimum Gasteiger partial charge on any atom is -0.489 e. The molecule has 5 rings (SSSR count). The van der Waals surface area contributed by atoms with E-state index >= 15 is 0 Å². The highest BCUT2D eigenvalue weighted by atomic mass is 16.5. The molecule has 5 heteroatoms. The van der Waals surface area contributed by atoms with E-state index < -0.39 is 6.04 Å². The van der Waals surface area contributed by atoms with Crippen LogP contribution in [0.2, 0.25) is 0 Å². The van der Waals surface area contributed by atoms with Gasteiger partial charge in [-0.1, -0.05) is 103 Å². The van der Waals surface area contributed by atoms with Crippen LogP contribution >= 0.6 is 0 Å². The molecule has 210 valence electrons. The Kier molecular flexibility index (Phi) is 9.83. The van der Waals surface area contributed by atoms with Crippen molar-refractivity contribution in [2.45, 2.75) is 51.3 Å². The summed E-state index contributed by atoms with van der Waals surface area (Å²) in [7, 11) is 0. The van der Waals surface area contributed by atoms with Gasteiger partial charge in [-0.3, -0.25) is 9.59 Å². The van der Waals surface area contributed by atoms with Crippen molar-refractivity contribution in [1.29, 1.82) is 0 Å². The second-order valence-electron chi connectivity index (χ2n) is 10.7. The number of nitrogens with zero attached hydrogens (tertiary/aromatic N) is 2. The summed E-state index contributed by atoms with van der Waals surface area (Å²) in [5, 5.41) is 0. The molecule has 1 aliphatic rings. The van der Waals surface area contributed by atoms with Gasteiger partial charge in [-0.2, -0.15) is 0 Å². The largest absolute Gasteiger partial charge is 0.489 e. The topological polar surface area (TPSA) is 49.9 Å². The monoisotopic (exact) mass is 546 g/mol. The fraction of sp³-hybridized carbons (Fsp3) is 0.278. The summed E-state index contributed by atoms with van der Waals surface area (Å²) in [6.07, 6.45) is 3.50. The molecule has 0 N–H and O–H groups in total. The van der Waals surface area contributed by atoms with E-state index in [2.05, 4.69) is 0 Å². The summed E-state index contributed by atoms with van der Waals surface area (Å²) in [4.78, 5) is 31.6. The molecule has 0 saturated carbocycles. The van der Waals surface area contributed by atoms with Crippen molar-refractivity contribution < 1.29 is 14.3 Å². The molecule has 1 fully saturated rings. The van der Waals surface area contributed by atoms with Gasteiger partial charge in [-0.25, -0.2) is 0 Å².